The summed E-state index contributed by atoms with van der Waals surface area (Å²) in [7, 11) is 0. The van der Waals surface area contributed by atoms with E-state index in [9.17, 15) is 9.59 Å². The van der Waals surface area contributed by atoms with Crippen LogP contribution >= 0.6 is 0 Å². The highest BCUT2D eigenvalue weighted by Gasteiger charge is 2.31. The Balaban J connectivity index is 1.95. The van der Waals surface area contributed by atoms with Gasteiger partial charge in [0.1, 0.15) is 6.04 Å². The van der Waals surface area contributed by atoms with Crippen LogP contribution in [0.5, 0.6) is 0 Å². The number of amides is 2. The van der Waals surface area contributed by atoms with E-state index in [2.05, 4.69) is 15.5 Å². The molecule has 1 N–H and O–H groups in total. The van der Waals surface area contributed by atoms with E-state index < -0.39 is 6.04 Å². The second kappa shape index (κ2) is 5.16. The molecule has 1 saturated heterocycles. The zero-order valence-corrected chi connectivity index (χ0v) is 10.5. The minimum Gasteiger partial charge on any atom is -0.343 e. The second-order valence-electron chi connectivity index (χ2n) is 4.27. The minimum absolute atomic E-state index is 0.0478. The van der Waals surface area contributed by atoms with Gasteiger partial charge >= 0.3 is 0 Å². The smallest absolute Gasteiger partial charge is 0.245 e. The molecule has 7 heteroatoms. The molecule has 1 atom stereocenters. The van der Waals surface area contributed by atoms with Crippen LogP contribution in [0.4, 0.5) is 0 Å². The molecule has 98 valence electrons. The Kier molecular flexibility index (Phi) is 3.59. The van der Waals surface area contributed by atoms with Crippen molar-refractivity contribution >= 4 is 11.8 Å². The fraction of sp³-hybridized carbons (Fsp3) is 0.636. The van der Waals surface area contributed by atoms with Crippen LogP contribution in [0, 0.1) is 6.92 Å². The summed E-state index contributed by atoms with van der Waals surface area (Å²) in [5, 5.41) is 6.34. The van der Waals surface area contributed by atoms with Crippen LogP contribution < -0.4 is 5.32 Å². The second-order valence-corrected chi connectivity index (χ2v) is 4.27. The Hall–Kier alpha value is -1.92. The Morgan fingerprint density at radius 1 is 1.50 bits per heavy atom. The van der Waals surface area contributed by atoms with E-state index in [0.717, 1.165) is 0 Å². The maximum absolute atomic E-state index is 12.0. The van der Waals surface area contributed by atoms with Gasteiger partial charge in [0, 0.05) is 13.0 Å². The lowest BCUT2D eigenvalue weighted by Crippen LogP contribution is -2.58. The van der Waals surface area contributed by atoms with Gasteiger partial charge in [-0.25, -0.2) is 0 Å². The van der Waals surface area contributed by atoms with Crippen LogP contribution in [0.1, 0.15) is 25.1 Å². The van der Waals surface area contributed by atoms with Gasteiger partial charge in [0.2, 0.25) is 17.7 Å². The predicted molar refractivity (Wildman–Crippen MR) is 61.5 cm³/mol. The Labute approximate surface area is 105 Å². The minimum atomic E-state index is -0.407. The third-order valence-corrected chi connectivity index (χ3v) is 2.85. The van der Waals surface area contributed by atoms with Gasteiger partial charge < -0.3 is 14.7 Å². The Bertz CT molecular complexity index is 457. The summed E-state index contributed by atoms with van der Waals surface area (Å²) in [4.78, 5) is 29.0. The molecule has 0 bridgehead atoms. The van der Waals surface area contributed by atoms with Crippen molar-refractivity contribution in [1.29, 1.82) is 0 Å². The van der Waals surface area contributed by atoms with Crippen LogP contribution in [0.3, 0.4) is 0 Å². The van der Waals surface area contributed by atoms with Gasteiger partial charge in [-0.3, -0.25) is 9.59 Å². The average Bonchev–Trinajstić information content (AvgIpc) is 2.75. The zero-order valence-electron chi connectivity index (χ0n) is 10.5. The first kappa shape index (κ1) is 12.5. The first-order chi connectivity index (χ1) is 8.60. The quantitative estimate of drug-likeness (QED) is 0.791. The molecule has 1 fully saturated rings. The van der Waals surface area contributed by atoms with Crippen LogP contribution in [0.2, 0.25) is 0 Å². The largest absolute Gasteiger partial charge is 0.343 e. The van der Waals surface area contributed by atoms with Gasteiger partial charge in [-0.05, 0) is 13.3 Å². The molecular formula is C11H16N4O3. The van der Waals surface area contributed by atoms with Gasteiger partial charge in [0.25, 0.3) is 0 Å². The molecular weight excluding hydrogens is 236 g/mol. The molecule has 1 aromatic rings. The highest BCUT2D eigenvalue weighted by atomic mass is 16.5. The summed E-state index contributed by atoms with van der Waals surface area (Å²) in [6.45, 7) is 4.13. The van der Waals surface area contributed by atoms with Crippen LogP contribution in [0.25, 0.3) is 0 Å². The Morgan fingerprint density at radius 2 is 2.28 bits per heavy atom. The third-order valence-electron chi connectivity index (χ3n) is 2.85. The van der Waals surface area contributed by atoms with E-state index in [1.54, 1.807) is 6.92 Å². The van der Waals surface area contributed by atoms with Crippen molar-refractivity contribution in [3.63, 3.8) is 0 Å². The van der Waals surface area contributed by atoms with E-state index in [-0.39, 0.29) is 18.4 Å². The first-order valence-corrected chi connectivity index (χ1v) is 5.97. The standard InChI is InChI=1S/C11H16N4O3/c1-3-8-11(17)15(6-9(16)13-8)5-4-10-12-7(2)14-18-10/h8H,3-6H2,1-2H3,(H,13,16). The SMILES string of the molecule is CCC1NC(=O)CN(CCc2nc(C)no2)C1=O. The van der Waals surface area contributed by atoms with Gasteiger partial charge in [-0.2, -0.15) is 4.98 Å². The van der Waals surface area contributed by atoms with Gasteiger partial charge in [-0.15, -0.1) is 0 Å². The van der Waals surface area contributed by atoms with Gasteiger partial charge in [0.05, 0.1) is 6.54 Å². The molecule has 18 heavy (non-hydrogen) atoms. The topological polar surface area (TPSA) is 88.3 Å². The van der Waals surface area contributed by atoms with E-state index in [1.807, 2.05) is 6.92 Å². The molecule has 2 rings (SSSR count). The van der Waals surface area contributed by atoms with Crippen molar-refractivity contribution in [2.45, 2.75) is 32.7 Å². The average molecular weight is 252 g/mol. The highest BCUT2D eigenvalue weighted by molar-refractivity contribution is 5.94. The summed E-state index contributed by atoms with van der Waals surface area (Å²) in [5.74, 6) is 0.884. The fourth-order valence-electron chi connectivity index (χ4n) is 1.91. The number of nitrogens with one attached hydrogen (secondary N) is 1. The number of rotatable bonds is 4. The molecule has 0 aliphatic carbocycles. The van der Waals surface area contributed by atoms with Crippen molar-refractivity contribution in [3.8, 4) is 0 Å². The molecule has 0 spiro atoms. The monoisotopic (exact) mass is 252 g/mol. The summed E-state index contributed by atoms with van der Waals surface area (Å²) in [6, 6.07) is -0.407. The molecule has 2 amide bonds. The maximum atomic E-state index is 12.0. The number of carbonyl (C=O) groups excluding carboxylic acids is 2. The zero-order chi connectivity index (χ0) is 13.1. The van der Waals surface area contributed by atoms with Crippen molar-refractivity contribution in [2.24, 2.45) is 0 Å². The van der Waals surface area contributed by atoms with Gasteiger partial charge in [-0.1, -0.05) is 12.1 Å². The molecule has 0 saturated carbocycles. The van der Waals surface area contributed by atoms with Gasteiger partial charge in [0.15, 0.2) is 5.82 Å². The number of aromatic nitrogens is 2. The third kappa shape index (κ3) is 2.66. The van der Waals surface area contributed by atoms with Crippen molar-refractivity contribution in [3.05, 3.63) is 11.7 Å². The van der Waals surface area contributed by atoms with Crippen molar-refractivity contribution in [2.75, 3.05) is 13.1 Å². The highest BCUT2D eigenvalue weighted by Crippen LogP contribution is 2.07. The molecule has 1 unspecified atom stereocenters. The number of piperazine rings is 1. The number of hydrogen-bond donors (Lipinski definition) is 1. The lowest BCUT2D eigenvalue weighted by atomic mass is 10.1. The van der Waals surface area contributed by atoms with Crippen LogP contribution in [-0.2, 0) is 16.0 Å². The molecule has 1 aliphatic rings. The van der Waals surface area contributed by atoms with Crippen molar-refractivity contribution < 1.29 is 14.1 Å². The number of hydrogen-bond acceptors (Lipinski definition) is 5. The van der Waals surface area contributed by atoms with E-state index in [0.29, 0.717) is 31.1 Å². The van der Waals surface area contributed by atoms with E-state index in [1.165, 1.54) is 4.90 Å². The molecule has 1 aliphatic heterocycles. The van der Waals surface area contributed by atoms with Crippen LogP contribution in [-0.4, -0.2) is 46.0 Å². The summed E-state index contributed by atoms with van der Waals surface area (Å²) in [5.41, 5.74) is 0. The van der Waals surface area contributed by atoms with Crippen LogP contribution in [0.15, 0.2) is 4.52 Å². The molecule has 2 heterocycles. The normalized spacial score (nSPS) is 20.1. The van der Waals surface area contributed by atoms with Crippen molar-refractivity contribution in [1.82, 2.24) is 20.4 Å². The first-order valence-electron chi connectivity index (χ1n) is 5.97. The fourth-order valence-corrected chi connectivity index (χ4v) is 1.91. The van der Waals surface area contributed by atoms with E-state index >= 15 is 0 Å². The molecule has 1 aromatic heterocycles. The molecule has 0 radical (unpaired) electrons. The summed E-state index contributed by atoms with van der Waals surface area (Å²) < 4.78 is 4.97. The lowest BCUT2D eigenvalue weighted by molar-refractivity contribution is -0.144. The predicted octanol–water partition coefficient (Wildman–Crippen LogP) is -0.342. The number of nitrogens with zero attached hydrogens (tertiary/aromatic N) is 3. The maximum Gasteiger partial charge on any atom is 0.245 e. The lowest BCUT2D eigenvalue weighted by Gasteiger charge is -2.31. The van der Waals surface area contributed by atoms with E-state index in [4.69, 9.17) is 4.52 Å². The summed E-state index contributed by atoms with van der Waals surface area (Å²) in [6.07, 6.45) is 1.07. The number of carbonyl (C=O) groups is 2. The molecule has 0 aromatic carbocycles. The number of aryl methyl sites for hydroxylation is 1. The molecule has 7 nitrogen and oxygen atoms in total. The Morgan fingerprint density at radius 3 is 2.89 bits per heavy atom. The summed E-state index contributed by atoms with van der Waals surface area (Å²) >= 11 is 0.